The Morgan fingerprint density at radius 1 is 0.692 bits per heavy atom. The van der Waals surface area contributed by atoms with Crippen molar-refractivity contribution in [2.24, 2.45) is 0 Å². The van der Waals surface area contributed by atoms with Crippen molar-refractivity contribution in [3.63, 3.8) is 0 Å². The molecule has 0 radical (unpaired) electrons. The molecule has 0 aliphatic carbocycles. The van der Waals surface area contributed by atoms with Gasteiger partial charge in [-0.2, -0.15) is 0 Å². The van der Waals surface area contributed by atoms with Gasteiger partial charge in [0, 0.05) is 0 Å². The predicted molar refractivity (Wildman–Crippen MR) is 132 cm³/mol. The molecule has 2 nitrogen and oxygen atoms in total. The first-order valence-electron chi connectivity index (χ1n) is 7.68. The topological polar surface area (TPSA) is 26.3 Å². The van der Waals surface area contributed by atoms with Crippen molar-refractivity contribution < 1.29 is 9.53 Å². The highest BCUT2D eigenvalue weighted by Gasteiger charge is 2.31. The van der Waals surface area contributed by atoms with Crippen molar-refractivity contribution >= 4 is 84.6 Å². The Kier molecular flexibility index (Phi) is 7.25. The fourth-order valence-corrected chi connectivity index (χ4v) is 4.74. The minimum absolute atomic E-state index is 0.198. The quantitative estimate of drug-likeness (QED) is 0.0982. The zero-order valence-corrected chi connectivity index (χ0v) is 20.7. The molecule has 0 heterocycles. The molecule has 0 N–H and O–H groups in total. The lowest BCUT2D eigenvalue weighted by Gasteiger charge is -2.12. The molecule has 0 atom stereocenters. The Bertz CT molecular complexity index is 824. The lowest BCUT2D eigenvalue weighted by Crippen LogP contribution is -2.22. The zero-order chi connectivity index (χ0) is 18.6. The van der Waals surface area contributed by atoms with Crippen LogP contribution < -0.4 is 4.74 Å². The van der Waals surface area contributed by atoms with Gasteiger partial charge in [0.05, 0.1) is 10.9 Å². The summed E-state index contributed by atoms with van der Waals surface area (Å²) >= 11 is 6.19. The molecule has 3 rings (SSSR count). The summed E-state index contributed by atoms with van der Waals surface area (Å²) in [6.45, 7) is 0. The molecular formula is C20H14I3O2S+. The molecule has 26 heavy (non-hydrogen) atoms. The lowest BCUT2D eigenvalue weighted by molar-refractivity contribution is -0.131. The van der Waals surface area contributed by atoms with Crippen molar-refractivity contribution in [1.29, 1.82) is 0 Å². The van der Waals surface area contributed by atoms with E-state index in [0.29, 0.717) is 5.75 Å². The van der Waals surface area contributed by atoms with E-state index in [-0.39, 0.29) is 16.9 Å². The van der Waals surface area contributed by atoms with Crippen molar-refractivity contribution in [1.82, 2.24) is 0 Å². The molecule has 3 aromatic rings. The number of carbonyl (C=O) groups is 1. The molecular weight excluding hydrogens is 685 g/mol. The maximum absolute atomic E-state index is 12.1. The summed E-state index contributed by atoms with van der Waals surface area (Å²) in [7, 11) is -0.198. The van der Waals surface area contributed by atoms with Crippen molar-refractivity contribution in [2.75, 3.05) is 0 Å². The number of alkyl halides is 3. The van der Waals surface area contributed by atoms with E-state index >= 15 is 0 Å². The standard InChI is InChI=1S/C20H14I3O2S/c21-20(22,23)19(24)25-15-11-13-18(14-12-15)26(16-7-3-1-4-8-16)17-9-5-2-6-10-17/h1-14H/q+1. The van der Waals surface area contributed by atoms with E-state index < -0.39 is -0.565 Å². The van der Waals surface area contributed by atoms with Gasteiger partial charge in [0.2, 0.25) is -0.565 Å². The largest absolute Gasteiger partial charge is 0.424 e. The van der Waals surface area contributed by atoms with E-state index in [4.69, 9.17) is 4.74 Å². The van der Waals surface area contributed by atoms with Gasteiger partial charge in [-0.15, -0.1) is 0 Å². The third-order valence-electron chi connectivity index (χ3n) is 3.46. The molecule has 0 fully saturated rings. The van der Waals surface area contributed by atoms with Gasteiger partial charge < -0.3 is 4.74 Å². The molecule has 0 aliphatic rings. The van der Waals surface area contributed by atoms with Gasteiger partial charge >= 0.3 is 5.97 Å². The summed E-state index contributed by atoms with van der Waals surface area (Å²) < 4.78 is 4.86. The van der Waals surface area contributed by atoms with Crippen LogP contribution in [0.2, 0.25) is 0 Å². The van der Waals surface area contributed by atoms with E-state index in [9.17, 15) is 4.79 Å². The highest BCUT2D eigenvalue weighted by molar-refractivity contribution is 14.3. The van der Waals surface area contributed by atoms with Crippen LogP contribution >= 0.6 is 67.8 Å². The Hall–Kier alpha value is -0.330. The zero-order valence-electron chi connectivity index (χ0n) is 13.4. The van der Waals surface area contributed by atoms with E-state index in [1.807, 2.05) is 36.4 Å². The summed E-state index contributed by atoms with van der Waals surface area (Å²) in [6, 6.07) is 28.8. The molecule has 0 aromatic heterocycles. The average molecular weight is 699 g/mol. The highest BCUT2D eigenvalue weighted by atomic mass is 127. The van der Waals surface area contributed by atoms with E-state index in [2.05, 4.69) is 116 Å². The summed E-state index contributed by atoms with van der Waals surface area (Å²) in [5.41, 5.74) is 0. The minimum atomic E-state index is -0.607. The third kappa shape index (κ3) is 5.35. The molecule has 0 amide bonds. The van der Waals surface area contributed by atoms with Gasteiger partial charge in [0.25, 0.3) is 0 Å². The predicted octanol–water partition coefficient (Wildman–Crippen LogP) is 6.65. The average Bonchev–Trinajstić information content (AvgIpc) is 2.64. The molecule has 0 saturated heterocycles. The Labute approximate surface area is 196 Å². The molecule has 0 aliphatic heterocycles. The van der Waals surface area contributed by atoms with Crippen molar-refractivity contribution in [3.05, 3.63) is 84.9 Å². The monoisotopic (exact) mass is 699 g/mol. The number of carbonyl (C=O) groups excluding carboxylic acids is 1. The highest BCUT2D eigenvalue weighted by Crippen LogP contribution is 2.37. The Morgan fingerprint density at radius 2 is 1.12 bits per heavy atom. The maximum Gasteiger partial charge on any atom is 0.347 e. The van der Waals surface area contributed by atoms with E-state index in [0.717, 1.165) is 0 Å². The number of hydrogen-bond donors (Lipinski definition) is 0. The van der Waals surface area contributed by atoms with Crippen LogP contribution in [0.25, 0.3) is 0 Å². The fraction of sp³-hybridized carbons (Fsp3) is 0.0500. The second-order valence-corrected chi connectivity index (χ2v) is 18.4. The van der Waals surface area contributed by atoms with Gasteiger partial charge in [0.1, 0.15) is 5.75 Å². The van der Waals surface area contributed by atoms with Crippen LogP contribution in [0.4, 0.5) is 0 Å². The van der Waals surface area contributed by atoms with Gasteiger partial charge in [0.15, 0.2) is 14.7 Å². The van der Waals surface area contributed by atoms with Crippen LogP contribution in [0.5, 0.6) is 5.75 Å². The minimum Gasteiger partial charge on any atom is -0.424 e. The third-order valence-corrected chi connectivity index (χ3v) is 7.01. The first-order chi connectivity index (χ1) is 12.4. The number of ether oxygens (including phenoxy) is 1. The van der Waals surface area contributed by atoms with Crippen LogP contribution in [0.1, 0.15) is 0 Å². The molecule has 0 bridgehead atoms. The van der Waals surface area contributed by atoms with E-state index in [1.54, 1.807) is 0 Å². The summed E-state index contributed by atoms with van der Waals surface area (Å²) in [6.07, 6.45) is 0. The number of benzene rings is 3. The number of halogens is 3. The number of hydrogen-bond acceptors (Lipinski definition) is 2. The second-order valence-electron chi connectivity index (χ2n) is 5.29. The van der Waals surface area contributed by atoms with Crippen LogP contribution in [0.3, 0.4) is 0 Å². The molecule has 0 unspecified atom stereocenters. The first-order valence-corrected chi connectivity index (χ1v) is 12.1. The maximum atomic E-state index is 12.1. The molecule has 3 aromatic carbocycles. The van der Waals surface area contributed by atoms with E-state index in [1.165, 1.54) is 14.7 Å². The summed E-state index contributed by atoms with van der Waals surface area (Å²) in [5.74, 6) is 0.301. The smallest absolute Gasteiger partial charge is 0.347 e. The van der Waals surface area contributed by atoms with Gasteiger partial charge in [-0.1, -0.05) is 36.4 Å². The summed E-state index contributed by atoms with van der Waals surface area (Å²) in [5, 5.41) is 0. The van der Waals surface area contributed by atoms with Crippen LogP contribution in [0, 0.1) is 0 Å². The number of rotatable bonds is 5. The van der Waals surface area contributed by atoms with Crippen molar-refractivity contribution in [2.45, 2.75) is 14.1 Å². The lowest BCUT2D eigenvalue weighted by atomic mass is 10.3. The van der Waals surface area contributed by atoms with Gasteiger partial charge in [-0.25, -0.2) is 4.79 Å². The molecule has 0 spiro atoms. The van der Waals surface area contributed by atoms with Gasteiger partial charge in [-0.05, 0) is 116 Å². The van der Waals surface area contributed by atoms with Gasteiger partial charge in [-0.3, -0.25) is 0 Å². The Balaban J connectivity index is 1.92. The van der Waals surface area contributed by atoms with Crippen LogP contribution in [-0.2, 0) is 15.7 Å². The summed E-state index contributed by atoms with van der Waals surface area (Å²) in [4.78, 5) is 15.8. The SMILES string of the molecule is O=C(Oc1ccc([S+](c2ccccc2)c2ccccc2)cc1)C(I)(I)I. The van der Waals surface area contributed by atoms with Crippen molar-refractivity contribution in [3.8, 4) is 5.75 Å². The first kappa shape index (κ1) is 20.4. The normalized spacial score (nSPS) is 11.4. The molecule has 6 heteroatoms. The molecule has 0 saturated carbocycles. The Morgan fingerprint density at radius 3 is 1.54 bits per heavy atom. The fourth-order valence-electron chi connectivity index (χ4n) is 2.33. The second kappa shape index (κ2) is 9.24. The molecule has 132 valence electrons. The number of esters is 1. The van der Waals surface area contributed by atoms with Crippen LogP contribution in [0.15, 0.2) is 99.6 Å². The van der Waals surface area contributed by atoms with Crippen LogP contribution in [-0.4, -0.2) is 5.40 Å².